The molecule has 1 amide bonds. The number of benzene rings is 1. The summed E-state index contributed by atoms with van der Waals surface area (Å²) in [5.74, 6) is -1.06. The summed E-state index contributed by atoms with van der Waals surface area (Å²) in [6, 6.07) is 5.29. The molecule has 1 rings (SSSR count). The van der Waals surface area contributed by atoms with Crippen molar-refractivity contribution in [2.45, 2.75) is 13.8 Å². The van der Waals surface area contributed by atoms with Gasteiger partial charge in [0.2, 0.25) is 0 Å². The Bertz CT molecular complexity index is 548. The predicted molar refractivity (Wildman–Crippen MR) is 72.1 cm³/mol. The van der Waals surface area contributed by atoms with Crippen LogP contribution in [0.2, 0.25) is 0 Å². The van der Waals surface area contributed by atoms with Crippen LogP contribution in [-0.2, 0) is 14.3 Å². The number of Topliss-reactive ketones (excluding diaryl/α,β-unsaturated/α-hetero) is 1. The normalized spacial score (nSPS) is 10.8. The van der Waals surface area contributed by atoms with Gasteiger partial charge in [0.15, 0.2) is 5.78 Å². The van der Waals surface area contributed by atoms with Gasteiger partial charge in [-0.2, -0.15) is 0 Å². The molecule has 106 valence electrons. The van der Waals surface area contributed by atoms with Crippen LogP contribution < -0.4 is 5.32 Å². The highest BCUT2D eigenvalue weighted by atomic mass is 16.6. The maximum absolute atomic E-state index is 11.9. The Hall–Kier alpha value is -2.70. The first-order valence-corrected chi connectivity index (χ1v) is 5.84. The Labute approximate surface area is 115 Å². The number of nitro groups is 1. The molecule has 0 saturated heterocycles. The Kier molecular flexibility index (Phi) is 5.40. The molecule has 0 bridgehead atoms. The molecule has 7 nitrogen and oxygen atoms in total. The van der Waals surface area contributed by atoms with Crippen molar-refractivity contribution in [3.63, 3.8) is 0 Å². The molecule has 0 aliphatic carbocycles. The number of nitrogens with zero attached hydrogens (tertiary/aromatic N) is 1. The SMILES string of the molecule is CCOC=C(C(C)=O)C(=O)Nc1ccc([N+](=O)[O-])cc1. The number of carbonyl (C=O) groups is 2. The zero-order valence-electron chi connectivity index (χ0n) is 11.1. The molecule has 1 N–H and O–H groups in total. The number of nitro benzene ring substituents is 1. The van der Waals surface area contributed by atoms with E-state index in [-0.39, 0.29) is 11.3 Å². The highest BCUT2D eigenvalue weighted by Crippen LogP contribution is 2.16. The van der Waals surface area contributed by atoms with Gasteiger partial charge in [-0.1, -0.05) is 0 Å². The van der Waals surface area contributed by atoms with E-state index in [1.165, 1.54) is 31.2 Å². The van der Waals surface area contributed by atoms with Gasteiger partial charge >= 0.3 is 0 Å². The summed E-state index contributed by atoms with van der Waals surface area (Å²) >= 11 is 0. The van der Waals surface area contributed by atoms with Crippen LogP contribution in [0.4, 0.5) is 11.4 Å². The predicted octanol–water partition coefficient (Wildman–Crippen LogP) is 2.04. The molecule has 0 aliphatic heterocycles. The number of nitrogens with one attached hydrogen (secondary N) is 1. The monoisotopic (exact) mass is 278 g/mol. The van der Waals surface area contributed by atoms with Crippen molar-refractivity contribution in [3.05, 3.63) is 46.2 Å². The van der Waals surface area contributed by atoms with E-state index < -0.39 is 16.6 Å². The molecule has 0 atom stereocenters. The average molecular weight is 278 g/mol. The quantitative estimate of drug-likeness (QED) is 0.214. The number of non-ortho nitro benzene ring substituents is 1. The Morgan fingerprint density at radius 3 is 2.40 bits per heavy atom. The van der Waals surface area contributed by atoms with Gasteiger partial charge in [-0.25, -0.2) is 0 Å². The van der Waals surface area contributed by atoms with E-state index in [2.05, 4.69) is 5.32 Å². The van der Waals surface area contributed by atoms with Gasteiger partial charge < -0.3 is 10.1 Å². The van der Waals surface area contributed by atoms with E-state index in [4.69, 9.17) is 4.74 Å². The van der Waals surface area contributed by atoms with Crippen molar-refractivity contribution >= 4 is 23.1 Å². The van der Waals surface area contributed by atoms with E-state index in [1.54, 1.807) is 6.92 Å². The van der Waals surface area contributed by atoms with Gasteiger partial charge in [0.1, 0.15) is 5.57 Å². The molecular formula is C13H14N2O5. The van der Waals surface area contributed by atoms with E-state index in [1.807, 2.05) is 0 Å². The van der Waals surface area contributed by atoms with Crippen LogP contribution in [0.1, 0.15) is 13.8 Å². The average Bonchev–Trinajstić information content (AvgIpc) is 2.39. The van der Waals surface area contributed by atoms with Gasteiger partial charge in [-0.15, -0.1) is 0 Å². The minimum absolute atomic E-state index is 0.0837. The van der Waals surface area contributed by atoms with Crippen molar-refractivity contribution in [1.29, 1.82) is 0 Å². The number of hydrogen-bond acceptors (Lipinski definition) is 5. The number of rotatable bonds is 6. The topological polar surface area (TPSA) is 98.5 Å². The molecular weight excluding hydrogens is 264 g/mol. The minimum atomic E-state index is -0.625. The molecule has 0 unspecified atom stereocenters. The fraction of sp³-hybridized carbons (Fsp3) is 0.231. The number of hydrogen-bond donors (Lipinski definition) is 1. The number of amides is 1. The molecule has 0 heterocycles. The molecule has 1 aromatic carbocycles. The van der Waals surface area contributed by atoms with Crippen LogP contribution in [0.5, 0.6) is 0 Å². The fourth-order valence-corrected chi connectivity index (χ4v) is 1.33. The number of ketones is 1. The van der Waals surface area contributed by atoms with Crippen LogP contribution in [0.3, 0.4) is 0 Å². The molecule has 7 heteroatoms. The third kappa shape index (κ3) is 4.20. The lowest BCUT2D eigenvalue weighted by atomic mass is 10.2. The Morgan fingerprint density at radius 2 is 1.95 bits per heavy atom. The highest BCUT2D eigenvalue weighted by Gasteiger charge is 2.15. The lowest BCUT2D eigenvalue weighted by Crippen LogP contribution is -2.19. The second-order valence-electron chi connectivity index (χ2n) is 3.80. The van der Waals surface area contributed by atoms with Gasteiger partial charge in [-0.3, -0.25) is 19.7 Å². The Morgan fingerprint density at radius 1 is 1.35 bits per heavy atom. The lowest BCUT2D eigenvalue weighted by molar-refractivity contribution is -0.384. The molecule has 0 aromatic heterocycles. The maximum atomic E-state index is 11.9. The van der Waals surface area contributed by atoms with E-state index in [0.717, 1.165) is 6.26 Å². The van der Waals surface area contributed by atoms with Crippen molar-refractivity contribution < 1.29 is 19.2 Å². The van der Waals surface area contributed by atoms with Crippen molar-refractivity contribution in [3.8, 4) is 0 Å². The summed E-state index contributed by atoms with van der Waals surface area (Å²) in [4.78, 5) is 33.1. The summed E-state index contributed by atoms with van der Waals surface area (Å²) in [6.45, 7) is 3.31. The van der Waals surface area contributed by atoms with Gasteiger partial charge in [0.25, 0.3) is 11.6 Å². The molecule has 1 aromatic rings. The first kappa shape index (κ1) is 15.4. The van der Waals surface area contributed by atoms with Crippen LogP contribution in [0.15, 0.2) is 36.1 Å². The molecule has 0 spiro atoms. The summed E-state index contributed by atoms with van der Waals surface area (Å²) in [6.07, 6.45) is 1.10. The number of carbonyl (C=O) groups excluding carboxylic acids is 2. The highest BCUT2D eigenvalue weighted by molar-refractivity contribution is 6.22. The largest absolute Gasteiger partial charge is 0.501 e. The Balaban J connectivity index is 2.83. The molecule has 0 saturated carbocycles. The van der Waals surface area contributed by atoms with E-state index in [9.17, 15) is 19.7 Å². The molecule has 0 aliphatic rings. The second kappa shape index (κ2) is 7.03. The molecule has 0 fully saturated rings. The first-order valence-electron chi connectivity index (χ1n) is 5.84. The van der Waals surface area contributed by atoms with Crippen LogP contribution in [-0.4, -0.2) is 23.2 Å². The molecule has 20 heavy (non-hydrogen) atoms. The van der Waals surface area contributed by atoms with Crippen LogP contribution >= 0.6 is 0 Å². The smallest absolute Gasteiger partial charge is 0.269 e. The third-order valence-electron chi connectivity index (χ3n) is 2.33. The summed E-state index contributed by atoms with van der Waals surface area (Å²) in [7, 11) is 0. The maximum Gasteiger partial charge on any atom is 0.269 e. The minimum Gasteiger partial charge on any atom is -0.501 e. The zero-order chi connectivity index (χ0) is 15.1. The van der Waals surface area contributed by atoms with Gasteiger partial charge in [0, 0.05) is 17.8 Å². The molecule has 0 radical (unpaired) electrons. The van der Waals surface area contributed by atoms with Gasteiger partial charge in [-0.05, 0) is 26.0 Å². The second-order valence-corrected chi connectivity index (χ2v) is 3.80. The first-order chi connectivity index (χ1) is 9.45. The zero-order valence-corrected chi connectivity index (χ0v) is 11.1. The van der Waals surface area contributed by atoms with Crippen molar-refractivity contribution in [1.82, 2.24) is 0 Å². The summed E-state index contributed by atoms with van der Waals surface area (Å²) in [5.41, 5.74) is 0.147. The lowest BCUT2D eigenvalue weighted by Gasteiger charge is -2.06. The number of ether oxygens (including phenoxy) is 1. The fourth-order valence-electron chi connectivity index (χ4n) is 1.33. The van der Waals surface area contributed by atoms with Crippen LogP contribution in [0.25, 0.3) is 0 Å². The number of anilines is 1. The standard InChI is InChI=1S/C13H14N2O5/c1-3-20-8-12(9(2)16)13(17)14-10-4-6-11(7-5-10)15(18)19/h4-8H,3H2,1-2H3,(H,14,17). The van der Waals surface area contributed by atoms with Crippen molar-refractivity contribution in [2.75, 3.05) is 11.9 Å². The summed E-state index contributed by atoms with van der Waals surface area (Å²) < 4.78 is 4.93. The van der Waals surface area contributed by atoms with Crippen molar-refractivity contribution in [2.24, 2.45) is 0 Å². The summed E-state index contributed by atoms with van der Waals surface area (Å²) in [5, 5.41) is 13.0. The van der Waals surface area contributed by atoms with E-state index in [0.29, 0.717) is 12.3 Å². The van der Waals surface area contributed by atoms with Crippen LogP contribution in [0, 0.1) is 10.1 Å². The third-order valence-corrected chi connectivity index (χ3v) is 2.33. The van der Waals surface area contributed by atoms with Gasteiger partial charge in [0.05, 0.1) is 17.8 Å². The van der Waals surface area contributed by atoms with E-state index >= 15 is 0 Å².